The summed E-state index contributed by atoms with van der Waals surface area (Å²) in [4.78, 5) is 2.37. The van der Waals surface area contributed by atoms with E-state index < -0.39 is 0 Å². The van der Waals surface area contributed by atoms with Crippen LogP contribution in [0.4, 0.5) is 0 Å². The molecule has 2 aliphatic rings. The van der Waals surface area contributed by atoms with Crippen molar-refractivity contribution in [3.05, 3.63) is 29.8 Å². The Balaban J connectivity index is 1.36. The van der Waals surface area contributed by atoms with Gasteiger partial charge in [0.05, 0.1) is 6.10 Å². The quantitative estimate of drug-likeness (QED) is 0.754. The third-order valence-corrected chi connectivity index (χ3v) is 5.40. The van der Waals surface area contributed by atoms with Gasteiger partial charge in [0.15, 0.2) is 0 Å². The number of β-amino-alcohol motifs (C(OH)–C–C–N with tert-alkyl or cyclic N) is 1. The van der Waals surface area contributed by atoms with Gasteiger partial charge in [-0.05, 0) is 75.2 Å². The van der Waals surface area contributed by atoms with Gasteiger partial charge in [-0.1, -0.05) is 12.1 Å². The van der Waals surface area contributed by atoms with Gasteiger partial charge in [-0.25, -0.2) is 0 Å². The summed E-state index contributed by atoms with van der Waals surface area (Å²) in [6.07, 6.45) is 7.02. The highest BCUT2D eigenvalue weighted by Crippen LogP contribution is 2.33. The predicted octanol–water partition coefficient (Wildman–Crippen LogP) is 2.46. The van der Waals surface area contributed by atoms with Crippen molar-refractivity contribution in [1.29, 1.82) is 0 Å². The molecule has 1 aromatic carbocycles. The third-order valence-electron chi connectivity index (χ3n) is 5.40. The average molecular weight is 318 g/mol. The Kier molecular flexibility index (Phi) is 5.92. The summed E-state index contributed by atoms with van der Waals surface area (Å²) < 4.78 is 0. The standard InChI is InChI=1S/C19H30N2O2/c22-18-9-5-16(6-10-18)15-3-7-17(8-4-15)20-13-19(23)14-21-11-1-2-12-21/h5-6,9-10,15,17,19-20,22-23H,1-4,7-8,11-14H2. The van der Waals surface area contributed by atoms with Crippen molar-refractivity contribution in [2.45, 2.75) is 56.6 Å². The fraction of sp³-hybridized carbons (Fsp3) is 0.684. The summed E-state index contributed by atoms with van der Waals surface area (Å²) in [7, 11) is 0. The van der Waals surface area contributed by atoms with Gasteiger partial charge in [-0.15, -0.1) is 0 Å². The molecule has 3 rings (SSSR count). The van der Waals surface area contributed by atoms with Gasteiger partial charge >= 0.3 is 0 Å². The van der Waals surface area contributed by atoms with E-state index in [4.69, 9.17) is 0 Å². The summed E-state index contributed by atoms with van der Waals surface area (Å²) in [5, 5.41) is 23.1. The molecule has 0 aromatic heterocycles. The summed E-state index contributed by atoms with van der Waals surface area (Å²) in [6.45, 7) is 3.82. The largest absolute Gasteiger partial charge is 0.508 e. The number of aliphatic hydroxyl groups is 1. The van der Waals surface area contributed by atoms with E-state index in [-0.39, 0.29) is 6.10 Å². The zero-order chi connectivity index (χ0) is 16.1. The molecule has 1 heterocycles. The molecule has 1 unspecified atom stereocenters. The number of phenolic OH excluding ortho intramolecular Hbond substituents is 1. The molecule has 4 heteroatoms. The Morgan fingerprint density at radius 3 is 2.35 bits per heavy atom. The highest BCUT2D eigenvalue weighted by Gasteiger charge is 2.23. The zero-order valence-electron chi connectivity index (χ0n) is 14.0. The molecule has 0 amide bonds. The minimum atomic E-state index is -0.247. The van der Waals surface area contributed by atoms with Crippen LogP contribution in [0.3, 0.4) is 0 Å². The lowest BCUT2D eigenvalue weighted by atomic mass is 9.81. The van der Waals surface area contributed by atoms with Crippen LogP contribution in [-0.4, -0.2) is 53.4 Å². The first kappa shape index (κ1) is 16.7. The normalized spacial score (nSPS) is 27.2. The molecule has 3 N–H and O–H groups in total. The van der Waals surface area contributed by atoms with Gasteiger partial charge in [0.2, 0.25) is 0 Å². The van der Waals surface area contributed by atoms with Crippen LogP contribution < -0.4 is 5.32 Å². The lowest BCUT2D eigenvalue weighted by molar-refractivity contribution is 0.118. The minimum absolute atomic E-state index is 0.247. The van der Waals surface area contributed by atoms with E-state index in [1.165, 1.54) is 44.1 Å². The first-order valence-corrected chi connectivity index (χ1v) is 9.13. The van der Waals surface area contributed by atoms with Crippen molar-refractivity contribution in [3.8, 4) is 5.75 Å². The van der Waals surface area contributed by atoms with Crippen LogP contribution in [-0.2, 0) is 0 Å². The second-order valence-corrected chi connectivity index (χ2v) is 7.21. The number of benzene rings is 1. The third kappa shape index (κ3) is 4.93. The number of phenols is 1. The average Bonchev–Trinajstić information content (AvgIpc) is 3.07. The van der Waals surface area contributed by atoms with Crippen molar-refractivity contribution in [2.75, 3.05) is 26.2 Å². The van der Waals surface area contributed by atoms with Crippen molar-refractivity contribution in [1.82, 2.24) is 10.2 Å². The lowest BCUT2D eigenvalue weighted by Gasteiger charge is -2.30. The number of hydrogen-bond donors (Lipinski definition) is 3. The van der Waals surface area contributed by atoms with Gasteiger partial charge in [-0.3, -0.25) is 0 Å². The first-order chi connectivity index (χ1) is 11.2. The number of rotatable bonds is 6. The van der Waals surface area contributed by atoms with Crippen LogP contribution in [0.15, 0.2) is 24.3 Å². The number of nitrogens with zero attached hydrogens (tertiary/aromatic N) is 1. The van der Waals surface area contributed by atoms with Crippen LogP contribution >= 0.6 is 0 Å². The lowest BCUT2D eigenvalue weighted by Crippen LogP contribution is -2.42. The Bertz CT molecular complexity index is 463. The highest BCUT2D eigenvalue weighted by molar-refractivity contribution is 5.28. The molecule has 1 aromatic rings. The fourth-order valence-corrected chi connectivity index (χ4v) is 4.01. The second-order valence-electron chi connectivity index (χ2n) is 7.21. The van der Waals surface area contributed by atoms with Crippen molar-refractivity contribution < 1.29 is 10.2 Å². The van der Waals surface area contributed by atoms with Crippen LogP contribution in [0.2, 0.25) is 0 Å². The summed E-state index contributed by atoms with van der Waals surface area (Å²) in [5.41, 5.74) is 1.34. The van der Waals surface area contributed by atoms with Crippen LogP contribution in [0.1, 0.15) is 50.0 Å². The topological polar surface area (TPSA) is 55.7 Å². The maximum atomic E-state index is 10.2. The number of aromatic hydroxyl groups is 1. The Labute approximate surface area is 139 Å². The van der Waals surface area contributed by atoms with Gasteiger partial charge in [0, 0.05) is 19.1 Å². The highest BCUT2D eigenvalue weighted by atomic mass is 16.3. The van der Waals surface area contributed by atoms with Crippen LogP contribution in [0.5, 0.6) is 5.75 Å². The molecular weight excluding hydrogens is 288 g/mol. The molecule has 128 valence electrons. The first-order valence-electron chi connectivity index (χ1n) is 9.13. The van der Waals surface area contributed by atoms with Crippen molar-refractivity contribution in [2.24, 2.45) is 0 Å². The molecule has 1 saturated heterocycles. The van der Waals surface area contributed by atoms with Crippen molar-refractivity contribution in [3.63, 3.8) is 0 Å². The smallest absolute Gasteiger partial charge is 0.115 e. The molecule has 1 aliphatic carbocycles. The number of aliphatic hydroxyl groups excluding tert-OH is 1. The molecule has 0 bridgehead atoms. The SMILES string of the molecule is Oc1ccc(C2CCC(NCC(O)CN3CCCC3)CC2)cc1. The van der Waals surface area contributed by atoms with E-state index >= 15 is 0 Å². The van der Waals surface area contributed by atoms with Crippen LogP contribution in [0, 0.1) is 0 Å². The van der Waals surface area contributed by atoms with E-state index in [0.29, 0.717) is 24.3 Å². The number of likely N-dealkylation sites (tertiary alicyclic amines) is 1. The Hall–Kier alpha value is -1.10. The van der Waals surface area contributed by atoms with Gasteiger partial charge < -0.3 is 20.4 Å². The second kappa shape index (κ2) is 8.13. The van der Waals surface area contributed by atoms with Gasteiger partial charge in [-0.2, -0.15) is 0 Å². The van der Waals surface area contributed by atoms with Gasteiger partial charge in [0.25, 0.3) is 0 Å². The van der Waals surface area contributed by atoms with E-state index in [0.717, 1.165) is 19.6 Å². The summed E-state index contributed by atoms with van der Waals surface area (Å²) in [5.74, 6) is 0.958. The molecule has 1 saturated carbocycles. The molecule has 1 aliphatic heterocycles. The molecule has 4 nitrogen and oxygen atoms in total. The summed E-state index contributed by atoms with van der Waals surface area (Å²) in [6, 6.07) is 8.21. The molecule has 0 radical (unpaired) electrons. The maximum Gasteiger partial charge on any atom is 0.115 e. The fourth-order valence-electron chi connectivity index (χ4n) is 4.01. The Morgan fingerprint density at radius 2 is 1.70 bits per heavy atom. The molecule has 23 heavy (non-hydrogen) atoms. The molecule has 1 atom stereocenters. The molecular formula is C19H30N2O2. The van der Waals surface area contributed by atoms with E-state index in [1.54, 1.807) is 12.1 Å². The minimum Gasteiger partial charge on any atom is -0.508 e. The van der Waals surface area contributed by atoms with E-state index in [1.807, 2.05) is 12.1 Å². The monoisotopic (exact) mass is 318 g/mol. The van der Waals surface area contributed by atoms with Crippen molar-refractivity contribution >= 4 is 0 Å². The molecule has 0 spiro atoms. The van der Waals surface area contributed by atoms with E-state index in [9.17, 15) is 10.2 Å². The Morgan fingerprint density at radius 1 is 1.04 bits per heavy atom. The maximum absolute atomic E-state index is 10.2. The number of hydrogen-bond acceptors (Lipinski definition) is 4. The van der Waals surface area contributed by atoms with E-state index in [2.05, 4.69) is 10.2 Å². The van der Waals surface area contributed by atoms with Gasteiger partial charge in [0.1, 0.15) is 5.75 Å². The predicted molar refractivity (Wildman–Crippen MR) is 92.8 cm³/mol. The zero-order valence-corrected chi connectivity index (χ0v) is 14.0. The van der Waals surface area contributed by atoms with Crippen LogP contribution in [0.25, 0.3) is 0 Å². The molecule has 2 fully saturated rings. The number of nitrogens with one attached hydrogen (secondary N) is 1. The summed E-state index contributed by atoms with van der Waals surface area (Å²) >= 11 is 0.